The Morgan fingerprint density at radius 3 is 2.88 bits per heavy atom. The molecule has 0 amide bonds. The zero-order chi connectivity index (χ0) is 12.5. The first-order valence-corrected chi connectivity index (χ1v) is 8.43. The summed E-state index contributed by atoms with van der Waals surface area (Å²) >= 11 is 1.30. The lowest BCUT2D eigenvalue weighted by molar-refractivity contribution is 0.311. The molecule has 1 aromatic rings. The van der Waals surface area contributed by atoms with Crippen LogP contribution in [0, 0.1) is 5.92 Å². The molecule has 0 aliphatic heterocycles. The number of hydrogen-bond donors (Lipinski definition) is 1. The highest BCUT2D eigenvalue weighted by atomic mass is 32.2. The smallest absolute Gasteiger partial charge is 0.150 e. The fourth-order valence-corrected chi connectivity index (χ4v) is 4.24. The second kappa shape index (κ2) is 4.99. The van der Waals surface area contributed by atoms with Crippen LogP contribution in [0.4, 0.5) is 0 Å². The second-order valence-corrected chi connectivity index (χ2v) is 7.87. The number of sulfone groups is 1. The normalized spacial score (nSPS) is 27.9. The summed E-state index contributed by atoms with van der Waals surface area (Å²) in [6.07, 6.45) is 6.35. The lowest BCUT2D eigenvalue weighted by Gasteiger charge is -2.31. The summed E-state index contributed by atoms with van der Waals surface area (Å²) in [6, 6.07) is -0.125. The van der Waals surface area contributed by atoms with Gasteiger partial charge < -0.3 is 5.73 Å². The monoisotopic (exact) mass is 275 g/mol. The van der Waals surface area contributed by atoms with Crippen molar-refractivity contribution in [1.29, 1.82) is 0 Å². The van der Waals surface area contributed by atoms with Crippen LogP contribution in [0.2, 0.25) is 0 Å². The maximum Gasteiger partial charge on any atom is 0.150 e. The van der Waals surface area contributed by atoms with Gasteiger partial charge in [-0.1, -0.05) is 10.9 Å². The second-order valence-electron chi connectivity index (χ2n) is 4.72. The van der Waals surface area contributed by atoms with Gasteiger partial charge >= 0.3 is 0 Å². The molecule has 7 heteroatoms. The molecule has 17 heavy (non-hydrogen) atoms. The molecule has 1 aliphatic carbocycles. The molecule has 2 N–H and O–H groups in total. The van der Waals surface area contributed by atoms with Gasteiger partial charge in [-0.15, -0.1) is 5.10 Å². The molecule has 1 saturated carbocycles. The molecule has 2 rings (SSSR count). The molecule has 5 nitrogen and oxygen atoms in total. The lowest BCUT2D eigenvalue weighted by atomic mass is 9.83. The Morgan fingerprint density at radius 1 is 1.53 bits per heavy atom. The van der Waals surface area contributed by atoms with Gasteiger partial charge in [-0.05, 0) is 36.7 Å². The number of hydrogen-bond acceptors (Lipinski definition) is 6. The molecule has 0 spiro atoms. The molecule has 96 valence electrons. The Balaban J connectivity index is 2.07. The molecule has 0 saturated heterocycles. The van der Waals surface area contributed by atoms with Gasteiger partial charge in [0.05, 0.1) is 16.3 Å². The summed E-state index contributed by atoms with van der Waals surface area (Å²) in [5, 5.41) is 3.55. The van der Waals surface area contributed by atoms with Gasteiger partial charge in [-0.3, -0.25) is 0 Å². The third kappa shape index (κ3) is 3.02. The zero-order valence-corrected chi connectivity index (χ0v) is 11.4. The van der Waals surface area contributed by atoms with Gasteiger partial charge in [0.2, 0.25) is 0 Å². The average Bonchev–Trinajstić information content (AvgIpc) is 2.80. The SMILES string of the molecule is CS(=O)(=O)C1CCCC(C(N)c2cnns2)C1. The van der Waals surface area contributed by atoms with E-state index < -0.39 is 9.84 Å². The number of rotatable bonds is 3. The minimum atomic E-state index is -2.94. The molecule has 3 atom stereocenters. The largest absolute Gasteiger partial charge is 0.323 e. The topological polar surface area (TPSA) is 85.9 Å². The van der Waals surface area contributed by atoms with Crippen LogP contribution in [0.5, 0.6) is 0 Å². The number of nitrogens with two attached hydrogens (primary N) is 1. The van der Waals surface area contributed by atoms with E-state index in [0.29, 0.717) is 6.42 Å². The predicted octanol–water partition coefficient (Wildman–Crippen LogP) is 1.14. The summed E-state index contributed by atoms with van der Waals surface area (Å²) in [5.41, 5.74) is 6.16. The van der Waals surface area contributed by atoms with Crippen molar-refractivity contribution < 1.29 is 8.42 Å². The van der Waals surface area contributed by atoms with Crippen molar-refractivity contribution in [3.8, 4) is 0 Å². The van der Waals surface area contributed by atoms with Crippen LogP contribution in [0.3, 0.4) is 0 Å². The van der Waals surface area contributed by atoms with Crippen molar-refractivity contribution in [2.45, 2.75) is 37.0 Å². The summed E-state index contributed by atoms with van der Waals surface area (Å²) in [4.78, 5) is 0.948. The highest BCUT2D eigenvalue weighted by Crippen LogP contribution is 2.36. The molecule has 1 aromatic heterocycles. The molecular formula is C10H17N3O2S2. The van der Waals surface area contributed by atoms with Gasteiger partial charge in [-0.25, -0.2) is 8.42 Å². The van der Waals surface area contributed by atoms with Crippen LogP contribution in [0.25, 0.3) is 0 Å². The van der Waals surface area contributed by atoms with Crippen LogP contribution in [-0.2, 0) is 9.84 Å². The third-order valence-electron chi connectivity index (χ3n) is 3.49. The summed E-state index contributed by atoms with van der Waals surface area (Å²) in [6.45, 7) is 0. The van der Waals surface area contributed by atoms with Gasteiger partial charge in [0.1, 0.15) is 9.84 Å². The van der Waals surface area contributed by atoms with Gasteiger partial charge in [0, 0.05) is 12.3 Å². The Kier molecular flexibility index (Phi) is 3.79. The fraction of sp³-hybridized carbons (Fsp3) is 0.800. The minimum absolute atomic E-state index is 0.125. The standard InChI is InChI=1S/C10H17N3O2S2/c1-17(14,15)8-4-2-3-7(5-8)10(11)9-6-12-13-16-9/h6-8,10H,2-5,11H2,1H3. The van der Waals surface area contributed by atoms with E-state index in [1.165, 1.54) is 17.8 Å². The van der Waals surface area contributed by atoms with Gasteiger partial charge in [0.25, 0.3) is 0 Å². The lowest BCUT2D eigenvalue weighted by Crippen LogP contribution is -2.32. The molecule has 0 radical (unpaired) electrons. The Bertz CT molecular complexity index is 458. The Hall–Kier alpha value is -0.530. The zero-order valence-electron chi connectivity index (χ0n) is 9.74. The van der Waals surface area contributed by atoms with E-state index >= 15 is 0 Å². The van der Waals surface area contributed by atoms with Crippen LogP contribution in [0.1, 0.15) is 36.6 Å². The number of aromatic nitrogens is 2. The molecule has 0 bridgehead atoms. The van der Waals surface area contributed by atoms with E-state index in [1.807, 2.05) is 0 Å². The third-order valence-corrected chi connectivity index (χ3v) is 5.89. The van der Waals surface area contributed by atoms with Crippen molar-refractivity contribution in [3.05, 3.63) is 11.1 Å². The van der Waals surface area contributed by atoms with Crippen molar-refractivity contribution in [3.63, 3.8) is 0 Å². The van der Waals surface area contributed by atoms with Crippen molar-refractivity contribution >= 4 is 21.4 Å². The first-order valence-electron chi connectivity index (χ1n) is 5.70. The van der Waals surface area contributed by atoms with E-state index in [0.717, 1.165) is 24.1 Å². The minimum Gasteiger partial charge on any atom is -0.323 e. The highest BCUT2D eigenvalue weighted by molar-refractivity contribution is 7.91. The van der Waals surface area contributed by atoms with Gasteiger partial charge in [0.15, 0.2) is 0 Å². The first-order chi connectivity index (χ1) is 7.98. The van der Waals surface area contributed by atoms with Crippen LogP contribution < -0.4 is 5.73 Å². The Morgan fingerprint density at radius 2 is 2.29 bits per heavy atom. The molecule has 0 aromatic carbocycles. The van der Waals surface area contributed by atoms with E-state index in [2.05, 4.69) is 9.59 Å². The van der Waals surface area contributed by atoms with Crippen molar-refractivity contribution in [2.75, 3.05) is 6.26 Å². The fourth-order valence-electron chi connectivity index (χ4n) is 2.45. The predicted molar refractivity (Wildman–Crippen MR) is 67.4 cm³/mol. The van der Waals surface area contributed by atoms with E-state index in [4.69, 9.17) is 5.73 Å². The van der Waals surface area contributed by atoms with Gasteiger partial charge in [-0.2, -0.15) is 0 Å². The molecule has 1 heterocycles. The highest BCUT2D eigenvalue weighted by Gasteiger charge is 2.32. The maximum atomic E-state index is 11.6. The van der Waals surface area contributed by atoms with Crippen molar-refractivity contribution in [2.24, 2.45) is 11.7 Å². The van der Waals surface area contributed by atoms with E-state index in [1.54, 1.807) is 6.20 Å². The van der Waals surface area contributed by atoms with Crippen LogP contribution in [-0.4, -0.2) is 29.5 Å². The maximum absolute atomic E-state index is 11.6. The molecule has 1 fully saturated rings. The number of nitrogens with zero attached hydrogens (tertiary/aromatic N) is 2. The molecule has 1 aliphatic rings. The Labute approximate surface area is 105 Å². The van der Waals surface area contributed by atoms with Crippen LogP contribution >= 0.6 is 11.5 Å². The van der Waals surface area contributed by atoms with Crippen molar-refractivity contribution in [1.82, 2.24) is 9.59 Å². The summed E-state index contributed by atoms with van der Waals surface area (Å²) in [5.74, 6) is 0.228. The summed E-state index contributed by atoms with van der Waals surface area (Å²) in [7, 11) is -2.94. The van der Waals surface area contributed by atoms with E-state index in [-0.39, 0.29) is 17.2 Å². The van der Waals surface area contributed by atoms with E-state index in [9.17, 15) is 8.42 Å². The summed E-state index contributed by atoms with van der Waals surface area (Å²) < 4.78 is 27.0. The first kappa shape index (κ1) is 12.9. The van der Waals surface area contributed by atoms with Crippen LogP contribution in [0.15, 0.2) is 6.20 Å². The molecular weight excluding hydrogens is 258 g/mol. The quantitative estimate of drug-likeness (QED) is 0.894. The average molecular weight is 275 g/mol. The molecule has 3 unspecified atom stereocenters.